The van der Waals surface area contributed by atoms with Crippen LogP contribution < -0.4 is 10.6 Å². The Bertz CT molecular complexity index is 953. The number of piperazine rings is 1. The SMILES string of the molecule is CNC(=O)NC(=O)CN1CCN(S(=O)(=O)c2ccc3ccccc3c2)CC1. The van der Waals surface area contributed by atoms with E-state index in [0.29, 0.717) is 26.2 Å². The van der Waals surface area contributed by atoms with Gasteiger partial charge in [0, 0.05) is 33.2 Å². The van der Waals surface area contributed by atoms with E-state index in [1.807, 2.05) is 35.2 Å². The van der Waals surface area contributed by atoms with Crippen LogP contribution in [0.15, 0.2) is 47.4 Å². The molecule has 0 bridgehead atoms. The van der Waals surface area contributed by atoms with Gasteiger partial charge in [-0.05, 0) is 22.9 Å². The molecule has 8 nitrogen and oxygen atoms in total. The normalized spacial score (nSPS) is 16.2. The highest BCUT2D eigenvalue weighted by Crippen LogP contribution is 2.22. The molecule has 27 heavy (non-hydrogen) atoms. The van der Waals surface area contributed by atoms with E-state index < -0.39 is 22.0 Å². The second-order valence-electron chi connectivity index (χ2n) is 6.32. The van der Waals surface area contributed by atoms with E-state index in [1.165, 1.54) is 11.4 Å². The van der Waals surface area contributed by atoms with Gasteiger partial charge in [-0.25, -0.2) is 13.2 Å². The van der Waals surface area contributed by atoms with Crippen LogP contribution in [0.3, 0.4) is 0 Å². The van der Waals surface area contributed by atoms with Crippen LogP contribution in [0.1, 0.15) is 0 Å². The van der Waals surface area contributed by atoms with E-state index in [4.69, 9.17) is 0 Å². The van der Waals surface area contributed by atoms with Crippen LogP contribution in [0.2, 0.25) is 0 Å². The van der Waals surface area contributed by atoms with Crippen LogP contribution in [0.4, 0.5) is 4.79 Å². The van der Waals surface area contributed by atoms with Crippen LogP contribution in [0.5, 0.6) is 0 Å². The van der Waals surface area contributed by atoms with Crippen LogP contribution in [0, 0.1) is 0 Å². The summed E-state index contributed by atoms with van der Waals surface area (Å²) in [6.07, 6.45) is 0. The Kier molecular flexibility index (Phi) is 5.73. The number of carbonyl (C=O) groups is 2. The van der Waals surface area contributed by atoms with Gasteiger partial charge >= 0.3 is 6.03 Å². The van der Waals surface area contributed by atoms with Crippen LogP contribution in [0.25, 0.3) is 10.8 Å². The minimum absolute atomic E-state index is 0.0529. The third-order valence-electron chi connectivity index (χ3n) is 4.54. The second-order valence-corrected chi connectivity index (χ2v) is 8.25. The first-order valence-corrected chi connectivity index (χ1v) is 10.1. The summed E-state index contributed by atoms with van der Waals surface area (Å²) in [4.78, 5) is 25.0. The van der Waals surface area contributed by atoms with Gasteiger partial charge in [0.2, 0.25) is 15.9 Å². The number of hydrogen-bond donors (Lipinski definition) is 2. The first kappa shape index (κ1) is 19.3. The Morgan fingerprint density at radius 3 is 2.33 bits per heavy atom. The van der Waals surface area contributed by atoms with Crippen molar-refractivity contribution in [2.75, 3.05) is 39.8 Å². The molecule has 0 saturated carbocycles. The molecule has 1 aliphatic rings. The number of urea groups is 1. The van der Waals surface area contributed by atoms with E-state index in [9.17, 15) is 18.0 Å². The number of benzene rings is 2. The van der Waals surface area contributed by atoms with Gasteiger partial charge in [0.25, 0.3) is 0 Å². The Morgan fingerprint density at radius 1 is 1.00 bits per heavy atom. The molecule has 1 aliphatic heterocycles. The van der Waals surface area contributed by atoms with Crippen molar-refractivity contribution >= 4 is 32.7 Å². The zero-order valence-corrected chi connectivity index (χ0v) is 15.8. The number of amides is 3. The summed E-state index contributed by atoms with van der Waals surface area (Å²) in [6.45, 7) is 1.49. The summed E-state index contributed by atoms with van der Waals surface area (Å²) in [5.74, 6) is -0.416. The molecular formula is C18H22N4O4S. The second kappa shape index (κ2) is 8.03. The Balaban J connectivity index is 1.64. The number of sulfonamides is 1. The van der Waals surface area contributed by atoms with Crippen molar-refractivity contribution in [3.8, 4) is 0 Å². The number of rotatable bonds is 4. The first-order valence-electron chi connectivity index (χ1n) is 8.63. The summed E-state index contributed by atoms with van der Waals surface area (Å²) in [7, 11) is -2.16. The largest absolute Gasteiger partial charge is 0.341 e. The average Bonchev–Trinajstić information content (AvgIpc) is 2.67. The molecule has 0 atom stereocenters. The molecular weight excluding hydrogens is 368 g/mol. The van der Waals surface area contributed by atoms with Crippen molar-refractivity contribution in [3.05, 3.63) is 42.5 Å². The fraction of sp³-hybridized carbons (Fsp3) is 0.333. The van der Waals surface area contributed by atoms with Gasteiger partial charge in [-0.15, -0.1) is 0 Å². The lowest BCUT2D eigenvalue weighted by molar-refractivity contribution is -0.121. The number of nitrogens with one attached hydrogen (secondary N) is 2. The highest BCUT2D eigenvalue weighted by atomic mass is 32.2. The lowest BCUT2D eigenvalue weighted by Gasteiger charge is -2.33. The maximum atomic E-state index is 12.9. The van der Waals surface area contributed by atoms with Crippen molar-refractivity contribution in [2.45, 2.75) is 4.90 Å². The van der Waals surface area contributed by atoms with Gasteiger partial charge in [-0.2, -0.15) is 4.31 Å². The molecule has 9 heteroatoms. The lowest BCUT2D eigenvalue weighted by atomic mass is 10.1. The van der Waals surface area contributed by atoms with E-state index in [2.05, 4.69) is 10.6 Å². The highest BCUT2D eigenvalue weighted by Gasteiger charge is 2.29. The zero-order chi connectivity index (χ0) is 19.4. The summed E-state index contributed by atoms with van der Waals surface area (Å²) >= 11 is 0. The van der Waals surface area contributed by atoms with Gasteiger partial charge in [0.1, 0.15) is 0 Å². The number of carbonyl (C=O) groups excluding carboxylic acids is 2. The quantitative estimate of drug-likeness (QED) is 0.797. The zero-order valence-electron chi connectivity index (χ0n) is 15.0. The topological polar surface area (TPSA) is 98.8 Å². The van der Waals surface area contributed by atoms with E-state index in [-0.39, 0.29) is 11.4 Å². The summed E-state index contributed by atoms with van der Waals surface area (Å²) in [6, 6.07) is 12.2. The number of nitrogens with zero attached hydrogens (tertiary/aromatic N) is 2. The van der Waals surface area contributed by atoms with E-state index in [1.54, 1.807) is 12.1 Å². The maximum Gasteiger partial charge on any atom is 0.321 e. The molecule has 3 rings (SSSR count). The number of hydrogen-bond acceptors (Lipinski definition) is 5. The summed E-state index contributed by atoms with van der Waals surface area (Å²) in [5, 5.41) is 6.38. The molecule has 1 fully saturated rings. The van der Waals surface area contributed by atoms with Crippen molar-refractivity contribution in [1.29, 1.82) is 0 Å². The Labute approximate surface area is 158 Å². The molecule has 144 valence electrons. The minimum Gasteiger partial charge on any atom is -0.341 e. The van der Waals surface area contributed by atoms with Crippen LogP contribution in [-0.4, -0.2) is 69.3 Å². The average molecular weight is 390 g/mol. The highest BCUT2D eigenvalue weighted by molar-refractivity contribution is 7.89. The van der Waals surface area contributed by atoms with Crippen LogP contribution in [-0.2, 0) is 14.8 Å². The molecule has 2 N–H and O–H groups in total. The van der Waals surface area contributed by atoms with Gasteiger partial charge in [-0.1, -0.05) is 30.3 Å². The minimum atomic E-state index is -3.59. The van der Waals surface area contributed by atoms with Gasteiger partial charge in [-0.3, -0.25) is 15.0 Å². The smallest absolute Gasteiger partial charge is 0.321 e. The van der Waals surface area contributed by atoms with E-state index in [0.717, 1.165) is 10.8 Å². The molecule has 0 radical (unpaired) electrons. The third-order valence-corrected chi connectivity index (χ3v) is 6.43. The fourth-order valence-electron chi connectivity index (χ4n) is 3.04. The molecule has 0 spiro atoms. The molecule has 3 amide bonds. The first-order chi connectivity index (χ1) is 12.9. The maximum absolute atomic E-state index is 12.9. The van der Waals surface area contributed by atoms with Crippen LogP contribution >= 0.6 is 0 Å². The van der Waals surface area contributed by atoms with Crippen molar-refractivity contribution < 1.29 is 18.0 Å². The predicted molar refractivity (Wildman–Crippen MR) is 102 cm³/mol. The molecule has 0 unspecified atom stereocenters. The molecule has 2 aromatic rings. The standard InChI is InChI=1S/C18H22N4O4S/c1-19-18(24)20-17(23)13-21-8-10-22(11-9-21)27(25,26)16-7-6-14-4-2-3-5-15(14)12-16/h2-7,12H,8-11,13H2,1H3,(H2,19,20,23,24). The van der Waals surface area contributed by atoms with Gasteiger partial charge in [0.15, 0.2) is 0 Å². The number of imide groups is 1. The predicted octanol–water partition coefficient (Wildman–Crippen LogP) is 0.602. The molecule has 2 aromatic carbocycles. The van der Waals surface area contributed by atoms with Gasteiger partial charge < -0.3 is 5.32 Å². The third kappa shape index (κ3) is 4.44. The van der Waals surface area contributed by atoms with Crippen molar-refractivity contribution in [3.63, 3.8) is 0 Å². The Hall–Kier alpha value is -2.49. The van der Waals surface area contributed by atoms with Crippen molar-refractivity contribution in [2.24, 2.45) is 0 Å². The molecule has 0 aromatic heterocycles. The number of fused-ring (bicyclic) bond motifs is 1. The summed E-state index contributed by atoms with van der Waals surface area (Å²) < 4.78 is 27.3. The van der Waals surface area contributed by atoms with Gasteiger partial charge in [0.05, 0.1) is 11.4 Å². The molecule has 1 saturated heterocycles. The van der Waals surface area contributed by atoms with E-state index >= 15 is 0 Å². The lowest BCUT2D eigenvalue weighted by Crippen LogP contribution is -2.52. The van der Waals surface area contributed by atoms with Crippen molar-refractivity contribution in [1.82, 2.24) is 19.8 Å². The molecule has 0 aliphatic carbocycles. The Morgan fingerprint density at radius 2 is 1.67 bits per heavy atom. The molecule has 1 heterocycles. The summed E-state index contributed by atoms with van der Waals surface area (Å²) in [5.41, 5.74) is 0. The fourth-order valence-corrected chi connectivity index (χ4v) is 4.49. The monoisotopic (exact) mass is 390 g/mol.